The second-order valence-electron chi connectivity index (χ2n) is 7.87. The van der Waals surface area contributed by atoms with Crippen LogP contribution in [0.25, 0.3) is 11.3 Å². The van der Waals surface area contributed by atoms with E-state index in [0.717, 1.165) is 11.1 Å². The van der Waals surface area contributed by atoms with Crippen molar-refractivity contribution in [2.24, 2.45) is 0 Å². The molecule has 1 aliphatic heterocycles. The van der Waals surface area contributed by atoms with Gasteiger partial charge in [-0.25, -0.2) is 9.97 Å². The Morgan fingerprint density at radius 1 is 1.09 bits per heavy atom. The van der Waals surface area contributed by atoms with E-state index in [1.54, 1.807) is 30.5 Å². The Balaban J connectivity index is 1.40. The van der Waals surface area contributed by atoms with E-state index in [9.17, 15) is 13.6 Å². The lowest BCUT2D eigenvalue weighted by molar-refractivity contribution is -0.286. The number of aryl methyl sites for hydroxylation is 1. The van der Waals surface area contributed by atoms with Crippen molar-refractivity contribution in [2.45, 2.75) is 31.5 Å². The molecule has 0 spiro atoms. The first kappa shape index (κ1) is 20.2. The summed E-state index contributed by atoms with van der Waals surface area (Å²) in [6, 6.07) is 11.7. The number of carbonyl (C=O) groups is 1. The summed E-state index contributed by atoms with van der Waals surface area (Å²) in [5.74, 6) is 0.488. The van der Waals surface area contributed by atoms with Crippen LogP contribution in [0.1, 0.15) is 24.0 Å². The fraction of sp³-hybridized carbons (Fsp3) is 0.261. The van der Waals surface area contributed by atoms with Crippen molar-refractivity contribution in [1.29, 1.82) is 0 Å². The number of ether oxygens (including phenoxy) is 3. The highest BCUT2D eigenvalue weighted by atomic mass is 19.3. The van der Waals surface area contributed by atoms with Crippen LogP contribution in [0.4, 0.5) is 14.6 Å². The molecule has 0 bridgehead atoms. The second-order valence-corrected chi connectivity index (χ2v) is 7.87. The van der Waals surface area contributed by atoms with Gasteiger partial charge in [0.1, 0.15) is 5.82 Å². The van der Waals surface area contributed by atoms with E-state index in [1.165, 1.54) is 19.2 Å². The number of fused-ring (bicyclic) bond motifs is 1. The van der Waals surface area contributed by atoms with Crippen LogP contribution in [-0.2, 0) is 10.2 Å². The molecule has 1 aliphatic carbocycles. The van der Waals surface area contributed by atoms with Gasteiger partial charge < -0.3 is 19.5 Å². The first-order chi connectivity index (χ1) is 15.3. The van der Waals surface area contributed by atoms with Gasteiger partial charge in [0.2, 0.25) is 11.8 Å². The maximum Gasteiger partial charge on any atom is 0.586 e. The van der Waals surface area contributed by atoms with Crippen molar-refractivity contribution in [2.75, 3.05) is 12.4 Å². The van der Waals surface area contributed by atoms with Crippen LogP contribution < -0.4 is 19.5 Å². The second kappa shape index (κ2) is 7.15. The topological polar surface area (TPSA) is 82.6 Å². The molecule has 7 nitrogen and oxygen atoms in total. The molecular formula is C23H19F2N3O4. The minimum absolute atomic E-state index is 0.0484. The third kappa shape index (κ3) is 3.59. The Labute approximate surface area is 182 Å². The predicted octanol–water partition coefficient (Wildman–Crippen LogP) is 4.45. The number of pyridine rings is 2. The van der Waals surface area contributed by atoms with Gasteiger partial charge in [0.15, 0.2) is 11.5 Å². The van der Waals surface area contributed by atoms with Gasteiger partial charge in [0.05, 0.1) is 18.2 Å². The van der Waals surface area contributed by atoms with Gasteiger partial charge in [-0.2, -0.15) is 0 Å². The van der Waals surface area contributed by atoms with E-state index >= 15 is 0 Å². The van der Waals surface area contributed by atoms with E-state index < -0.39 is 11.7 Å². The summed E-state index contributed by atoms with van der Waals surface area (Å²) in [4.78, 5) is 21.9. The van der Waals surface area contributed by atoms with Crippen molar-refractivity contribution >= 4 is 11.7 Å². The lowest BCUT2D eigenvalue weighted by Gasteiger charge is -2.16. The van der Waals surface area contributed by atoms with Crippen molar-refractivity contribution in [3.05, 3.63) is 59.8 Å². The Hall–Kier alpha value is -3.75. The van der Waals surface area contributed by atoms with Gasteiger partial charge in [-0.3, -0.25) is 4.79 Å². The summed E-state index contributed by atoms with van der Waals surface area (Å²) in [6.45, 7) is 1.91. The number of alkyl halides is 2. The number of hydrogen-bond acceptors (Lipinski definition) is 6. The third-order valence-electron chi connectivity index (χ3n) is 5.59. The van der Waals surface area contributed by atoms with Gasteiger partial charge in [-0.05, 0) is 61.2 Å². The first-order valence-corrected chi connectivity index (χ1v) is 9.99. The molecule has 5 rings (SSSR count). The van der Waals surface area contributed by atoms with Crippen LogP contribution >= 0.6 is 0 Å². The third-order valence-corrected chi connectivity index (χ3v) is 5.59. The van der Waals surface area contributed by atoms with Gasteiger partial charge in [-0.1, -0.05) is 6.07 Å². The van der Waals surface area contributed by atoms with Gasteiger partial charge >= 0.3 is 6.29 Å². The zero-order valence-electron chi connectivity index (χ0n) is 17.3. The quantitative estimate of drug-likeness (QED) is 0.633. The molecule has 0 unspecified atom stereocenters. The van der Waals surface area contributed by atoms with Gasteiger partial charge in [0, 0.05) is 17.8 Å². The summed E-state index contributed by atoms with van der Waals surface area (Å²) in [7, 11) is 1.54. The highest BCUT2D eigenvalue weighted by molar-refractivity contribution is 6.01. The number of rotatable bonds is 5. The number of amides is 1. The summed E-state index contributed by atoms with van der Waals surface area (Å²) in [5.41, 5.74) is 2.16. The number of aromatic nitrogens is 2. The molecular weight excluding hydrogens is 420 g/mol. The highest BCUT2D eigenvalue weighted by Gasteiger charge is 2.53. The summed E-state index contributed by atoms with van der Waals surface area (Å²) >= 11 is 0. The van der Waals surface area contributed by atoms with E-state index in [-0.39, 0.29) is 17.4 Å². The summed E-state index contributed by atoms with van der Waals surface area (Å²) in [6.07, 6.45) is -0.888. The number of hydrogen-bond donors (Lipinski definition) is 1. The zero-order chi connectivity index (χ0) is 22.5. The molecule has 1 aromatic carbocycles. The Bertz CT molecular complexity index is 1230. The molecule has 3 heterocycles. The zero-order valence-corrected chi connectivity index (χ0v) is 17.3. The van der Waals surface area contributed by atoms with E-state index in [2.05, 4.69) is 24.8 Å². The van der Waals surface area contributed by atoms with E-state index in [0.29, 0.717) is 35.8 Å². The molecule has 1 N–H and O–H groups in total. The molecule has 1 saturated carbocycles. The molecule has 1 amide bonds. The van der Waals surface area contributed by atoms with Gasteiger partial charge in [0.25, 0.3) is 0 Å². The molecule has 2 aliphatic rings. The smallest absolute Gasteiger partial charge is 0.481 e. The van der Waals surface area contributed by atoms with Crippen LogP contribution in [-0.4, -0.2) is 29.3 Å². The Kier molecular flexibility index (Phi) is 4.51. The number of nitrogens with zero attached hydrogens (tertiary/aromatic N) is 2. The molecule has 3 aromatic rings. The molecule has 9 heteroatoms. The van der Waals surface area contributed by atoms with Gasteiger partial charge in [-0.15, -0.1) is 8.78 Å². The molecule has 164 valence electrons. The monoisotopic (exact) mass is 439 g/mol. The maximum atomic E-state index is 13.3. The van der Waals surface area contributed by atoms with Crippen molar-refractivity contribution < 1.29 is 27.8 Å². The largest absolute Gasteiger partial charge is 0.586 e. The maximum absolute atomic E-state index is 13.3. The fourth-order valence-electron chi connectivity index (χ4n) is 3.81. The van der Waals surface area contributed by atoms with E-state index in [1.807, 2.05) is 13.0 Å². The predicted molar refractivity (Wildman–Crippen MR) is 111 cm³/mol. The first-order valence-electron chi connectivity index (χ1n) is 9.99. The minimum atomic E-state index is -3.70. The Morgan fingerprint density at radius 2 is 1.88 bits per heavy atom. The number of carbonyl (C=O) groups excluding carboxylic acids is 1. The Morgan fingerprint density at radius 3 is 2.62 bits per heavy atom. The molecule has 32 heavy (non-hydrogen) atoms. The number of anilines is 1. The van der Waals surface area contributed by atoms with Crippen LogP contribution in [0.3, 0.4) is 0 Å². The minimum Gasteiger partial charge on any atom is -0.481 e. The molecule has 0 saturated heterocycles. The van der Waals surface area contributed by atoms with Crippen LogP contribution in [0.15, 0.2) is 48.7 Å². The average Bonchev–Trinajstić information content (AvgIpc) is 3.50. The molecule has 0 radical (unpaired) electrons. The number of halogens is 2. The number of nitrogens with one attached hydrogen (secondary N) is 1. The molecule has 0 atom stereocenters. The lowest BCUT2D eigenvalue weighted by Crippen LogP contribution is -2.28. The van der Waals surface area contributed by atoms with Crippen molar-refractivity contribution in [1.82, 2.24) is 9.97 Å². The van der Waals surface area contributed by atoms with Crippen molar-refractivity contribution in [3.8, 4) is 28.6 Å². The molecule has 2 aromatic heterocycles. The highest BCUT2D eigenvalue weighted by Crippen LogP contribution is 2.52. The van der Waals surface area contributed by atoms with Crippen LogP contribution in [0.5, 0.6) is 17.4 Å². The number of benzene rings is 1. The number of methoxy groups -OCH3 is 1. The van der Waals surface area contributed by atoms with E-state index in [4.69, 9.17) is 4.74 Å². The summed E-state index contributed by atoms with van der Waals surface area (Å²) in [5, 5.41) is 2.89. The molecule has 1 fully saturated rings. The standard InChI is InChI=1S/C23H19F2N3O4/c1-13-9-16(14-5-8-26-20(11-14)30-2)27-19(10-13)28-21(29)22(6-7-22)15-3-4-17-18(12-15)32-23(24,25)31-17/h3-5,8-12H,6-7H2,1-2H3,(H,27,28,29). The SMILES string of the molecule is COc1cc(-c2cc(C)cc(NC(=O)C3(c4ccc5c(c4)OC(F)(F)O5)CC3)n2)ccn1. The summed E-state index contributed by atoms with van der Waals surface area (Å²) < 4.78 is 40.9. The average molecular weight is 439 g/mol. The normalized spacial score (nSPS) is 17.0. The lowest BCUT2D eigenvalue weighted by atomic mass is 9.94. The van der Waals surface area contributed by atoms with Crippen LogP contribution in [0.2, 0.25) is 0 Å². The van der Waals surface area contributed by atoms with Crippen LogP contribution in [0, 0.1) is 6.92 Å². The fourth-order valence-corrected chi connectivity index (χ4v) is 3.81. The van der Waals surface area contributed by atoms with Crippen molar-refractivity contribution in [3.63, 3.8) is 0 Å².